The van der Waals surface area contributed by atoms with E-state index in [1.165, 1.54) is 0 Å². The minimum atomic E-state index is -0.776. The number of hydrogen-bond acceptors (Lipinski definition) is 5. The number of rotatable bonds is 4. The lowest BCUT2D eigenvalue weighted by Gasteiger charge is -2.34. The van der Waals surface area contributed by atoms with Gasteiger partial charge in [0, 0.05) is 6.61 Å². The molecular weight excluding hydrogens is 236 g/mol. The number of nitrogens with one attached hydrogen (secondary N) is 1. The second-order valence-electron chi connectivity index (χ2n) is 5.68. The first-order valence-corrected chi connectivity index (χ1v) is 6.26. The smallest absolute Gasteiger partial charge is 0.408 e. The second-order valence-corrected chi connectivity index (χ2v) is 5.68. The third kappa shape index (κ3) is 4.12. The van der Waals surface area contributed by atoms with Crippen LogP contribution in [0.2, 0.25) is 0 Å². The van der Waals surface area contributed by atoms with Crippen molar-refractivity contribution < 1.29 is 19.4 Å². The van der Waals surface area contributed by atoms with Gasteiger partial charge in [0.25, 0.3) is 0 Å². The highest BCUT2D eigenvalue weighted by Crippen LogP contribution is 2.25. The van der Waals surface area contributed by atoms with Crippen LogP contribution in [-0.2, 0) is 9.47 Å². The van der Waals surface area contributed by atoms with Gasteiger partial charge in [-0.25, -0.2) is 4.79 Å². The molecule has 0 bridgehead atoms. The van der Waals surface area contributed by atoms with Crippen molar-refractivity contribution in [2.24, 2.45) is 5.73 Å². The molecule has 6 nitrogen and oxygen atoms in total. The zero-order chi connectivity index (χ0) is 13.8. The van der Waals surface area contributed by atoms with Gasteiger partial charge < -0.3 is 25.6 Å². The summed E-state index contributed by atoms with van der Waals surface area (Å²) in [5.74, 6) is 0. The SMILES string of the molecule is CC(C)(C)OC(=O)NC1(C(O)CCN)CCOC1. The summed E-state index contributed by atoms with van der Waals surface area (Å²) in [5, 5.41) is 12.9. The summed E-state index contributed by atoms with van der Waals surface area (Å²) in [6.45, 7) is 6.53. The van der Waals surface area contributed by atoms with Gasteiger partial charge >= 0.3 is 6.09 Å². The van der Waals surface area contributed by atoms with Crippen molar-refractivity contribution >= 4 is 6.09 Å². The lowest BCUT2D eigenvalue weighted by atomic mass is 9.89. The molecule has 4 N–H and O–H groups in total. The molecule has 1 fully saturated rings. The number of carbonyl (C=O) groups is 1. The zero-order valence-electron chi connectivity index (χ0n) is 11.4. The van der Waals surface area contributed by atoms with Crippen LogP contribution in [0.3, 0.4) is 0 Å². The van der Waals surface area contributed by atoms with Gasteiger partial charge in [0.1, 0.15) is 5.60 Å². The standard InChI is InChI=1S/C12H24N2O4/c1-11(2,3)18-10(16)14-12(5-7-17-8-12)9(15)4-6-13/h9,15H,4-8,13H2,1-3H3,(H,14,16). The Morgan fingerprint density at radius 3 is 2.72 bits per heavy atom. The van der Waals surface area contributed by atoms with Gasteiger partial charge in [-0.05, 0) is 40.2 Å². The van der Waals surface area contributed by atoms with Crippen LogP contribution >= 0.6 is 0 Å². The van der Waals surface area contributed by atoms with Crippen LogP contribution in [0.25, 0.3) is 0 Å². The number of aliphatic hydroxyl groups excluding tert-OH is 1. The number of hydrogen-bond donors (Lipinski definition) is 3. The molecule has 2 unspecified atom stereocenters. The Hall–Kier alpha value is -0.850. The van der Waals surface area contributed by atoms with E-state index in [0.29, 0.717) is 26.0 Å². The van der Waals surface area contributed by atoms with Crippen LogP contribution in [0.1, 0.15) is 33.6 Å². The van der Waals surface area contributed by atoms with Crippen LogP contribution in [0.15, 0.2) is 0 Å². The monoisotopic (exact) mass is 260 g/mol. The van der Waals surface area contributed by atoms with Gasteiger partial charge in [-0.3, -0.25) is 0 Å². The minimum Gasteiger partial charge on any atom is -0.444 e. The quantitative estimate of drug-likeness (QED) is 0.679. The van der Waals surface area contributed by atoms with E-state index in [4.69, 9.17) is 15.2 Å². The highest BCUT2D eigenvalue weighted by Gasteiger charge is 2.43. The summed E-state index contributed by atoms with van der Waals surface area (Å²) in [6, 6.07) is 0. The summed E-state index contributed by atoms with van der Waals surface area (Å²) >= 11 is 0. The molecule has 1 aliphatic rings. The molecular formula is C12H24N2O4. The van der Waals surface area contributed by atoms with Crippen molar-refractivity contribution in [2.45, 2.75) is 50.9 Å². The number of amides is 1. The first-order chi connectivity index (χ1) is 8.29. The molecule has 1 amide bonds. The molecule has 106 valence electrons. The van der Waals surface area contributed by atoms with E-state index in [-0.39, 0.29) is 6.61 Å². The predicted octanol–water partition coefficient (Wildman–Crippen LogP) is 0.380. The average molecular weight is 260 g/mol. The Kier molecular flexibility index (Phi) is 4.95. The molecule has 0 aromatic carbocycles. The molecule has 0 spiro atoms. The molecule has 0 aromatic rings. The second kappa shape index (κ2) is 5.86. The van der Waals surface area contributed by atoms with Crippen LogP contribution < -0.4 is 11.1 Å². The Bertz CT molecular complexity index is 282. The van der Waals surface area contributed by atoms with E-state index in [9.17, 15) is 9.90 Å². The molecule has 1 saturated heterocycles. The van der Waals surface area contributed by atoms with Crippen LogP contribution in [0, 0.1) is 0 Å². The molecule has 1 heterocycles. The minimum absolute atomic E-state index is 0.285. The largest absolute Gasteiger partial charge is 0.444 e. The fourth-order valence-corrected chi connectivity index (χ4v) is 1.97. The Balaban J connectivity index is 2.65. The molecule has 0 aromatic heterocycles. The summed E-state index contributed by atoms with van der Waals surface area (Å²) < 4.78 is 10.5. The molecule has 1 aliphatic heterocycles. The van der Waals surface area contributed by atoms with Gasteiger partial charge in [0.05, 0.1) is 18.2 Å². The fourth-order valence-electron chi connectivity index (χ4n) is 1.97. The lowest BCUT2D eigenvalue weighted by molar-refractivity contribution is 0.0146. The van der Waals surface area contributed by atoms with E-state index < -0.39 is 23.3 Å². The summed E-state index contributed by atoms with van der Waals surface area (Å²) in [7, 11) is 0. The highest BCUT2D eigenvalue weighted by atomic mass is 16.6. The summed E-state index contributed by atoms with van der Waals surface area (Å²) in [6.07, 6.45) is -0.284. The highest BCUT2D eigenvalue weighted by molar-refractivity contribution is 5.69. The van der Waals surface area contributed by atoms with Crippen LogP contribution in [0.5, 0.6) is 0 Å². The Morgan fingerprint density at radius 1 is 1.61 bits per heavy atom. The van der Waals surface area contributed by atoms with E-state index in [2.05, 4.69) is 5.32 Å². The predicted molar refractivity (Wildman–Crippen MR) is 67.2 cm³/mol. The van der Waals surface area contributed by atoms with Crippen molar-refractivity contribution in [3.8, 4) is 0 Å². The van der Waals surface area contributed by atoms with Crippen LogP contribution in [0.4, 0.5) is 4.79 Å². The number of nitrogens with two attached hydrogens (primary N) is 1. The molecule has 2 atom stereocenters. The summed E-state index contributed by atoms with van der Waals surface area (Å²) in [4.78, 5) is 11.8. The third-order valence-corrected chi connectivity index (χ3v) is 2.88. The van der Waals surface area contributed by atoms with Gasteiger partial charge in [-0.15, -0.1) is 0 Å². The van der Waals surface area contributed by atoms with Crippen LogP contribution in [-0.4, -0.2) is 48.2 Å². The van der Waals surface area contributed by atoms with E-state index in [1.54, 1.807) is 20.8 Å². The van der Waals surface area contributed by atoms with Gasteiger partial charge in [0.15, 0.2) is 0 Å². The topological polar surface area (TPSA) is 93.8 Å². The maximum absolute atomic E-state index is 11.8. The van der Waals surface area contributed by atoms with Crippen molar-refractivity contribution in [2.75, 3.05) is 19.8 Å². The Labute approximate surface area is 108 Å². The van der Waals surface area contributed by atoms with Gasteiger partial charge in [-0.2, -0.15) is 0 Å². The van der Waals surface area contributed by atoms with E-state index >= 15 is 0 Å². The number of carbonyl (C=O) groups excluding carboxylic acids is 1. The van der Waals surface area contributed by atoms with Crippen molar-refractivity contribution in [1.29, 1.82) is 0 Å². The Morgan fingerprint density at radius 2 is 2.28 bits per heavy atom. The molecule has 0 saturated carbocycles. The number of alkyl carbamates (subject to hydrolysis) is 1. The first-order valence-electron chi connectivity index (χ1n) is 6.26. The number of ether oxygens (including phenoxy) is 2. The maximum Gasteiger partial charge on any atom is 0.408 e. The summed E-state index contributed by atoms with van der Waals surface area (Å²) in [5.41, 5.74) is 4.10. The molecule has 0 aliphatic carbocycles. The number of aliphatic hydroxyl groups is 1. The lowest BCUT2D eigenvalue weighted by Crippen LogP contribution is -2.58. The third-order valence-electron chi connectivity index (χ3n) is 2.88. The maximum atomic E-state index is 11.8. The van der Waals surface area contributed by atoms with Gasteiger partial charge in [-0.1, -0.05) is 0 Å². The first kappa shape index (κ1) is 15.2. The van der Waals surface area contributed by atoms with E-state index in [0.717, 1.165) is 0 Å². The average Bonchev–Trinajstić information content (AvgIpc) is 2.64. The normalized spacial score (nSPS) is 25.8. The van der Waals surface area contributed by atoms with E-state index in [1.807, 2.05) is 0 Å². The fraction of sp³-hybridized carbons (Fsp3) is 0.917. The van der Waals surface area contributed by atoms with Crippen molar-refractivity contribution in [1.82, 2.24) is 5.32 Å². The molecule has 6 heteroatoms. The molecule has 18 heavy (non-hydrogen) atoms. The zero-order valence-corrected chi connectivity index (χ0v) is 11.4. The molecule has 1 rings (SSSR count). The van der Waals surface area contributed by atoms with Gasteiger partial charge in [0.2, 0.25) is 0 Å². The van der Waals surface area contributed by atoms with Crippen molar-refractivity contribution in [3.63, 3.8) is 0 Å². The van der Waals surface area contributed by atoms with Crippen molar-refractivity contribution in [3.05, 3.63) is 0 Å². The molecule has 0 radical (unpaired) electrons.